The van der Waals surface area contributed by atoms with Crippen LogP contribution in [0.15, 0.2) is 53.5 Å². The number of carbonyl (C=O) groups is 2. The third kappa shape index (κ3) is 7.40. The molecule has 0 saturated heterocycles. The highest BCUT2D eigenvalue weighted by Gasteiger charge is 2.03. The van der Waals surface area contributed by atoms with Gasteiger partial charge in [0.05, 0.1) is 4.48 Å². The maximum absolute atomic E-state index is 10.4. The highest BCUT2D eigenvalue weighted by Crippen LogP contribution is 2.05. The van der Waals surface area contributed by atoms with Crippen molar-refractivity contribution in [3.05, 3.63) is 59.1 Å². The standard InChI is InChI=1S/C10H10O2.C3H3BrO2/c1-8(10(11)12)7-9-5-3-2-4-6-9;1-2(4)3(5)6/h2-6H,1,7H2,(H,11,12);1H2,(H,5,6). The predicted octanol–water partition coefficient (Wildman–Crippen LogP) is 2.85. The zero-order valence-electron chi connectivity index (χ0n) is 9.60. The van der Waals surface area contributed by atoms with Crippen molar-refractivity contribution in [2.75, 3.05) is 0 Å². The van der Waals surface area contributed by atoms with Crippen LogP contribution < -0.4 is 0 Å². The number of hydrogen-bond donors (Lipinski definition) is 2. The van der Waals surface area contributed by atoms with E-state index < -0.39 is 11.9 Å². The summed E-state index contributed by atoms with van der Waals surface area (Å²) < 4.78 is -0.0116. The van der Waals surface area contributed by atoms with Crippen molar-refractivity contribution in [1.82, 2.24) is 0 Å². The van der Waals surface area contributed by atoms with E-state index in [1.807, 2.05) is 30.3 Å². The van der Waals surface area contributed by atoms with Gasteiger partial charge in [0.25, 0.3) is 0 Å². The van der Waals surface area contributed by atoms with Crippen molar-refractivity contribution in [3.63, 3.8) is 0 Å². The van der Waals surface area contributed by atoms with E-state index in [0.717, 1.165) is 5.56 Å². The summed E-state index contributed by atoms with van der Waals surface area (Å²) in [4.78, 5) is 20.0. The van der Waals surface area contributed by atoms with Gasteiger partial charge in [0.15, 0.2) is 0 Å². The minimum atomic E-state index is -1.02. The summed E-state index contributed by atoms with van der Waals surface area (Å²) in [5, 5.41) is 16.4. The fraction of sp³-hybridized carbons (Fsp3) is 0.0769. The Kier molecular flexibility index (Phi) is 7.38. The van der Waals surface area contributed by atoms with Crippen molar-refractivity contribution in [1.29, 1.82) is 0 Å². The molecule has 0 unspecified atom stereocenters. The van der Waals surface area contributed by atoms with Gasteiger partial charge in [-0.05, 0) is 21.5 Å². The zero-order valence-corrected chi connectivity index (χ0v) is 11.2. The van der Waals surface area contributed by atoms with Gasteiger partial charge >= 0.3 is 11.9 Å². The van der Waals surface area contributed by atoms with Crippen molar-refractivity contribution in [2.45, 2.75) is 6.42 Å². The SMILES string of the molecule is C=C(Br)C(=O)O.C=C(Cc1ccccc1)C(=O)O. The van der Waals surface area contributed by atoms with E-state index in [2.05, 4.69) is 29.1 Å². The first kappa shape index (κ1) is 16.1. The van der Waals surface area contributed by atoms with E-state index in [4.69, 9.17) is 10.2 Å². The average Bonchev–Trinajstić information content (AvgIpc) is 2.30. The third-order valence-electron chi connectivity index (χ3n) is 1.79. The van der Waals surface area contributed by atoms with E-state index >= 15 is 0 Å². The molecular formula is C13H13BrO4. The molecule has 5 heteroatoms. The highest BCUT2D eigenvalue weighted by atomic mass is 79.9. The fourth-order valence-corrected chi connectivity index (χ4v) is 0.918. The monoisotopic (exact) mass is 312 g/mol. The molecule has 0 aliphatic carbocycles. The maximum atomic E-state index is 10.4. The van der Waals surface area contributed by atoms with Crippen LogP contribution in [0, 0.1) is 0 Å². The van der Waals surface area contributed by atoms with Crippen LogP contribution in [0.25, 0.3) is 0 Å². The van der Waals surface area contributed by atoms with Crippen molar-refractivity contribution < 1.29 is 19.8 Å². The number of rotatable bonds is 4. The number of aliphatic carboxylic acids is 2. The van der Waals surface area contributed by atoms with Gasteiger partial charge in [-0.15, -0.1) is 0 Å². The van der Waals surface area contributed by atoms with Crippen LogP contribution >= 0.6 is 15.9 Å². The van der Waals surface area contributed by atoms with Gasteiger partial charge in [0.2, 0.25) is 0 Å². The number of halogens is 1. The smallest absolute Gasteiger partial charge is 0.342 e. The van der Waals surface area contributed by atoms with Crippen LogP contribution in [0.1, 0.15) is 5.56 Å². The summed E-state index contributed by atoms with van der Waals surface area (Å²) in [5.74, 6) is -1.95. The lowest BCUT2D eigenvalue weighted by atomic mass is 10.1. The quantitative estimate of drug-likeness (QED) is 0.838. The summed E-state index contributed by atoms with van der Waals surface area (Å²) in [5.41, 5.74) is 1.20. The Balaban J connectivity index is 0.000000411. The molecule has 4 nitrogen and oxygen atoms in total. The molecule has 1 aromatic carbocycles. The van der Waals surface area contributed by atoms with Crippen LogP contribution in [0.5, 0.6) is 0 Å². The van der Waals surface area contributed by atoms with Gasteiger partial charge in [-0.2, -0.15) is 0 Å². The first-order valence-electron chi connectivity index (χ1n) is 4.87. The third-order valence-corrected chi connectivity index (χ3v) is 2.13. The molecule has 1 rings (SSSR count). The molecule has 0 aliphatic rings. The Labute approximate surface area is 113 Å². The summed E-state index contributed by atoms with van der Waals surface area (Å²) >= 11 is 2.64. The second-order valence-corrected chi connectivity index (χ2v) is 4.24. The number of benzene rings is 1. The van der Waals surface area contributed by atoms with Gasteiger partial charge in [-0.3, -0.25) is 0 Å². The van der Waals surface area contributed by atoms with Crippen LogP contribution in [0.4, 0.5) is 0 Å². The molecule has 0 saturated carbocycles. The number of carboxylic acid groups (broad SMARTS) is 2. The van der Waals surface area contributed by atoms with Gasteiger partial charge < -0.3 is 10.2 Å². The zero-order chi connectivity index (χ0) is 14.1. The van der Waals surface area contributed by atoms with Gasteiger partial charge in [0.1, 0.15) is 0 Å². The van der Waals surface area contributed by atoms with Crippen LogP contribution in [0.3, 0.4) is 0 Å². The summed E-state index contributed by atoms with van der Waals surface area (Å²) in [6, 6.07) is 9.42. The highest BCUT2D eigenvalue weighted by molar-refractivity contribution is 9.12. The Bertz CT molecular complexity index is 439. The van der Waals surface area contributed by atoms with Crippen LogP contribution in [-0.4, -0.2) is 22.2 Å². The Morgan fingerprint density at radius 2 is 1.50 bits per heavy atom. The Morgan fingerprint density at radius 3 is 1.83 bits per heavy atom. The molecule has 0 radical (unpaired) electrons. The molecule has 0 amide bonds. The molecule has 0 aliphatic heterocycles. The topological polar surface area (TPSA) is 74.6 Å². The first-order valence-corrected chi connectivity index (χ1v) is 5.66. The molecule has 0 heterocycles. The van der Waals surface area contributed by atoms with E-state index in [-0.39, 0.29) is 10.1 Å². The fourth-order valence-electron chi connectivity index (χ4n) is 0.918. The Hall–Kier alpha value is -1.88. The van der Waals surface area contributed by atoms with Gasteiger partial charge in [-0.1, -0.05) is 43.5 Å². The summed E-state index contributed by atoms with van der Waals surface area (Å²) in [6.45, 7) is 6.52. The van der Waals surface area contributed by atoms with Crippen LogP contribution in [0.2, 0.25) is 0 Å². The van der Waals surface area contributed by atoms with E-state index in [1.54, 1.807) is 0 Å². The normalized spacial score (nSPS) is 8.72. The summed E-state index contributed by atoms with van der Waals surface area (Å²) in [7, 11) is 0. The predicted molar refractivity (Wildman–Crippen MR) is 72.6 cm³/mol. The van der Waals surface area contributed by atoms with Crippen LogP contribution in [-0.2, 0) is 16.0 Å². The van der Waals surface area contributed by atoms with Gasteiger partial charge in [0, 0.05) is 12.0 Å². The first-order chi connectivity index (χ1) is 8.34. The lowest BCUT2D eigenvalue weighted by Gasteiger charge is -1.99. The minimum Gasteiger partial charge on any atom is -0.478 e. The van der Waals surface area contributed by atoms with E-state index in [9.17, 15) is 9.59 Å². The average molecular weight is 313 g/mol. The Morgan fingerprint density at radius 1 is 1.06 bits per heavy atom. The van der Waals surface area contributed by atoms with Gasteiger partial charge in [-0.25, -0.2) is 9.59 Å². The summed E-state index contributed by atoms with van der Waals surface area (Å²) in [6.07, 6.45) is 0.413. The van der Waals surface area contributed by atoms with Crippen molar-refractivity contribution in [3.8, 4) is 0 Å². The molecular weight excluding hydrogens is 300 g/mol. The molecule has 0 spiro atoms. The molecule has 2 N–H and O–H groups in total. The number of carboxylic acids is 2. The second-order valence-electron chi connectivity index (χ2n) is 3.28. The lowest BCUT2D eigenvalue weighted by Crippen LogP contribution is -2.01. The molecule has 0 atom stereocenters. The largest absolute Gasteiger partial charge is 0.478 e. The lowest BCUT2D eigenvalue weighted by molar-refractivity contribution is -0.133. The second kappa shape index (κ2) is 8.25. The van der Waals surface area contributed by atoms with E-state index in [0.29, 0.717) is 6.42 Å². The van der Waals surface area contributed by atoms with Crippen molar-refractivity contribution in [2.24, 2.45) is 0 Å². The number of hydrogen-bond acceptors (Lipinski definition) is 2. The molecule has 0 fully saturated rings. The maximum Gasteiger partial charge on any atom is 0.342 e. The molecule has 96 valence electrons. The van der Waals surface area contributed by atoms with E-state index in [1.165, 1.54) is 0 Å². The van der Waals surface area contributed by atoms with Crippen molar-refractivity contribution >= 4 is 27.9 Å². The molecule has 1 aromatic rings. The molecule has 0 bridgehead atoms. The molecule has 0 aromatic heterocycles. The molecule has 18 heavy (non-hydrogen) atoms. The minimum absolute atomic E-state index is 0.0116.